The first-order chi connectivity index (χ1) is 11.0. The van der Waals surface area contributed by atoms with Crippen LogP contribution in [-0.2, 0) is 0 Å². The van der Waals surface area contributed by atoms with Crippen LogP contribution in [0.3, 0.4) is 0 Å². The van der Waals surface area contributed by atoms with Gasteiger partial charge in [0.05, 0.1) is 0 Å². The fourth-order valence-corrected chi connectivity index (χ4v) is 3.13. The minimum Gasteiger partial charge on any atom is -0.382 e. The summed E-state index contributed by atoms with van der Waals surface area (Å²) in [4.78, 5) is 0. The molecule has 0 fully saturated rings. The third-order valence-corrected chi connectivity index (χ3v) is 4.60. The standard InChI is InChI=1S/C20H31F2N/c1-6-9-11-16(10-7-2)19(8-3)23-15(5)17-12-13-18(21)14(4)20(17)22/h12-13,16,19,23H,5-11H2,1-4H3. The first-order valence-electron chi connectivity index (χ1n) is 8.86. The summed E-state index contributed by atoms with van der Waals surface area (Å²) in [6.45, 7) is 12.0. The minimum atomic E-state index is -0.516. The SMILES string of the molecule is C=C(NC(CC)C(CCC)CCCC)c1ccc(F)c(C)c1F. The van der Waals surface area contributed by atoms with Gasteiger partial charge in [-0.3, -0.25) is 0 Å². The molecule has 3 heteroatoms. The van der Waals surface area contributed by atoms with Gasteiger partial charge in [-0.2, -0.15) is 0 Å². The minimum absolute atomic E-state index is 0.0505. The van der Waals surface area contributed by atoms with Crippen LogP contribution in [0.25, 0.3) is 5.70 Å². The third-order valence-electron chi connectivity index (χ3n) is 4.60. The highest BCUT2D eigenvalue weighted by atomic mass is 19.1. The largest absolute Gasteiger partial charge is 0.382 e. The van der Waals surface area contributed by atoms with E-state index in [0.29, 0.717) is 17.2 Å². The highest BCUT2D eigenvalue weighted by molar-refractivity contribution is 5.63. The van der Waals surface area contributed by atoms with Gasteiger partial charge in [-0.1, -0.05) is 46.6 Å². The molecule has 0 saturated heterocycles. The molecular weight excluding hydrogens is 292 g/mol. The smallest absolute Gasteiger partial charge is 0.138 e. The summed E-state index contributed by atoms with van der Waals surface area (Å²) in [5, 5.41) is 3.41. The van der Waals surface area contributed by atoms with Gasteiger partial charge in [0, 0.05) is 22.9 Å². The Kier molecular flexibility index (Phi) is 8.29. The second-order valence-corrected chi connectivity index (χ2v) is 6.36. The molecule has 1 aromatic rings. The summed E-state index contributed by atoms with van der Waals surface area (Å²) >= 11 is 0. The fraction of sp³-hybridized carbons (Fsp3) is 0.600. The van der Waals surface area contributed by atoms with Gasteiger partial charge in [0.25, 0.3) is 0 Å². The van der Waals surface area contributed by atoms with Crippen molar-refractivity contribution < 1.29 is 8.78 Å². The molecule has 1 rings (SSSR count). The van der Waals surface area contributed by atoms with Crippen molar-refractivity contribution >= 4 is 5.70 Å². The lowest BCUT2D eigenvalue weighted by molar-refractivity contribution is 0.323. The maximum Gasteiger partial charge on any atom is 0.138 e. The maximum absolute atomic E-state index is 14.3. The van der Waals surface area contributed by atoms with Crippen LogP contribution >= 0.6 is 0 Å². The molecule has 130 valence electrons. The average molecular weight is 323 g/mol. The molecule has 0 aliphatic heterocycles. The molecule has 0 heterocycles. The summed E-state index contributed by atoms with van der Waals surface area (Å²) in [6, 6.07) is 3.06. The Morgan fingerprint density at radius 1 is 1.13 bits per heavy atom. The molecule has 0 bridgehead atoms. The van der Waals surface area contributed by atoms with E-state index in [1.165, 1.54) is 38.3 Å². The lowest BCUT2D eigenvalue weighted by Crippen LogP contribution is -2.34. The van der Waals surface area contributed by atoms with E-state index in [2.05, 4.69) is 32.7 Å². The van der Waals surface area contributed by atoms with E-state index < -0.39 is 11.6 Å². The molecule has 0 aliphatic carbocycles. The average Bonchev–Trinajstić information content (AvgIpc) is 2.54. The Balaban J connectivity index is 2.88. The Bertz CT molecular complexity index is 511. The predicted octanol–water partition coefficient (Wildman–Crippen LogP) is 6.22. The second-order valence-electron chi connectivity index (χ2n) is 6.36. The molecule has 0 radical (unpaired) electrons. The van der Waals surface area contributed by atoms with Crippen molar-refractivity contribution in [1.82, 2.24) is 5.32 Å². The van der Waals surface area contributed by atoms with Crippen LogP contribution < -0.4 is 5.32 Å². The number of halogens is 2. The molecule has 2 atom stereocenters. The zero-order chi connectivity index (χ0) is 17.4. The fourth-order valence-electron chi connectivity index (χ4n) is 3.13. The molecule has 1 aromatic carbocycles. The zero-order valence-electron chi connectivity index (χ0n) is 15.0. The Hall–Kier alpha value is -1.38. The second kappa shape index (κ2) is 9.69. The summed E-state index contributed by atoms with van der Waals surface area (Å²) in [7, 11) is 0. The van der Waals surface area contributed by atoms with E-state index in [4.69, 9.17) is 0 Å². The van der Waals surface area contributed by atoms with Crippen LogP contribution in [0.2, 0.25) is 0 Å². The summed E-state index contributed by atoms with van der Waals surface area (Å²) in [5.41, 5.74) is 0.970. The van der Waals surface area contributed by atoms with E-state index in [-0.39, 0.29) is 11.6 Å². The molecule has 0 saturated carbocycles. The maximum atomic E-state index is 14.3. The lowest BCUT2D eigenvalue weighted by Gasteiger charge is -2.29. The topological polar surface area (TPSA) is 12.0 Å². The zero-order valence-corrected chi connectivity index (χ0v) is 15.0. The molecule has 1 nitrogen and oxygen atoms in total. The van der Waals surface area contributed by atoms with E-state index in [1.54, 1.807) is 0 Å². The Morgan fingerprint density at radius 3 is 2.39 bits per heavy atom. The van der Waals surface area contributed by atoms with Gasteiger partial charge in [-0.25, -0.2) is 8.78 Å². The highest BCUT2D eigenvalue weighted by Crippen LogP contribution is 2.25. The number of hydrogen-bond donors (Lipinski definition) is 1. The lowest BCUT2D eigenvalue weighted by atomic mass is 9.88. The molecule has 1 N–H and O–H groups in total. The van der Waals surface area contributed by atoms with Crippen LogP contribution in [0.15, 0.2) is 18.7 Å². The van der Waals surface area contributed by atoms with Gasteiger partial charge in [0.2, 0.25) is 0 Å². The highest BCUT2D eigenvalue weighted by Gasteiger charge is 2.21. The Morgan fingerprint density at radius 2 is 1.83 bits per heavy atom. The van der Waals surface area contributed by atoms with Crippen LogP contribution in [0.5, 0.6) is 0 Å². The van der Waals surface area contributed by atoms with Gasteiger partial charge in [0.15, 0.2) is 0 Å². The van der Waals surface area contributed by atoms with Gasteiger partial charge < -0.3 is 5.32 Å². The molecular formula is C20H31F2N. The predicted molar refractivity (Wildman–Crippen MR) is 95.3 cm³/mol. The van der Waals surface area contributed by atoms with Crippen molar-refractivity contribution in [3.8, 4) is 0 Å². The number of benzene rings is 1. The van der Waals surface area contributed by atoms with Crippen LogP contribution in [0.1, 0.15) is 70.4 Å². The van der Waals surface area contributed by atoms with Crippen molar-refractivity contribution in [2.45, 2.75) is 72.3 Å². The van der Waals surface area contributed by atoms with Crippen molar-refractivity contribution in [1.29, 1.82) is 0 Å². The summed E-state index contributed by atoms with van der Waals surface area (Å²) < 4.78 is 27.7. The van der Waals surface area contributed by atoms with Crippen molar-refractivity contribution in [3.63, 3.8) is 0 Å². The van der Waals surface area contributed by atoms with Gasteiger partial charge in [0.1, 0.15) is 11.6 Å². The van der Waals surface area contributed by atoms with Gasteiger partial charge >= 0.3 is 0 Å². The molecule has 2 unspecified atom stereocenters. The van der Waals surface area contributed by atoms with E-state index in [9.17, 15) is 8.78 Å². The molecule has 0 spiro atoms. The molecule has 0 amide bonds. The summed E-state index contributed by atoms with van der Waals surface area (Å²) in [5.74, 6) is -0.470. The normalized spacial score (nSPS) is 13.7. The van der Waals surface area contributed by atoms with Crippen molar-refractivity contribution in [3.05, 3.63) is 41.5 Å². The van der Waals surface area contributed by atoms with E-state index in [1.807, 2.05) is 0 Å². The number of unbranched alkanes of at least 4 members (excludes halogenated alkanes) is 1. The molecule has 0 aliphatic rings. The van der Waals surface area contributed by atoms with Crippen LogP contribution in [0.4, 0.5) is 8.78 Å². The first kappa shape index (κ1) is 19.7. The number of rotatable bonds is 10. The Labute approximate surface area is 140 Å². The van der Waals surface area contributed by atoms with Crippen LogP contribution in [0, 0.1) is 24.5 Å². The van der Waals surface area contributed by atoms with Gasteiger partial charge in [-0.05, 0) is 44.2 Å². The number of nitrogens with one attached hydrogen (secondary N) is 1. The van der Waals surface area contributed by atoms with E-state index >= 15 is 0 Å². The van der Waals surface area contributed by atoms with Crippen LogP contribution in [-0.4, -0.2) is 6.04 Å². The van der Waals surface area contributed by atoms with Crippen molar-refractivity contribution in [2.75, 3.05) is 0 Å². The van der Waals surface area contributed by atoms with Gasteiger partial charge in [-0.15, -0.1) is 0 Å². The van der Waals surface area contributed by atoms with Crippen molar-refractivity contribution in [2.24, 2.45) is 5.92 Å². The quantitative estimate of drug-likeness (QED) is 0.539. The third kappa shape index (κ3) is 5.33. The first-order valence-corrected chi connectivity index (χ1v) is 8.86. The number of hydrogen-bond acceptors (Lipinski definition) is 1. The monoisotopic (exact) mass is 323 g/mol. The van der Waals surface area contributed by atoms with E-state index in [0.717, 1.165) is 19.3 Å². The summed E-state index contributed by atoms with van der Waals surface area (Å²) in [6.07, 6.45) is 6.83. The molecule has 0 aromatic heterocycles. The molecule has 23 heavy (non-hydrogen) atoms.